The summed E-state index contributed by atoms with van der Waals surface area (Å²) in [5, 5.41) is 1.73. The maximum atomic E-state index is 11.2. The van der Waals surface area contributed by atoms with Crippen molar-refractivity contribution < 1.29 is 17.7 Å². The smallest absolute Gasteiger partial charge is 0.294 e. The quantitative estimate of drug-likeness (QED) is 0.877. The van der Waals surface area contributed by atoms with Gasteiger partial charge in [0.25, 0.3) is 10.1 Å². The first kappa shape index (κ1) is 13.8. The summed E-state index contributed by atoms with van der Waals surface area (Å²) < 4.78 is 37.0. The molecular formula is C14H16O4S. The Balaban J connectivity index is 2.76. The van der Waals surface area contributed by atoms with E-state index in [1.807, 2.05) is 26.8 Å². The van der Waals surface area contributed by atoms with Crippen LogP contribution in [0, 0.1) is 13.8 Å². The van der Waals surface area contributed by atoms with Crippen LogP contribution in [0.1, 0.15) is 18.1 Å². The van der Waals surface area contributed by atoms with Gasteiger partial charge < -0.3 is 4.74 Å². The highest BCUT2D eigenvalue weighted by atomic mass is 32.2. The largest absolute Gasteiger partial charge is 0.494 e. The van der Waals surface area contributed by atoms with Crippen LogP contribution in [0.2, 0.25) is 0 Å². The zero-order chi connectivity index (χ0) is 14.2. The van der Waals surface area contributed by atoms with Crippen LogP contribution in [0.15, 0.2) is 29.2 Å². The van der Waals surface area contributed by atoms with E-state index in [0.717, 1.165) is 27.6 Å². The number of fused-ring (bicyclic) bond motifs is 1. The average molecular weight is 280 g/mol. The topological polar surface area (TPSA) is 63.6 Å². The molecule has 0 saturated carbocycles. The monoisotopic (exact) mass is 280 g/mol. The van der Waals surface area contributed by atoms with Gasteiger partial charge in [-0.3, -0.25) is 4.55 Å². The van der Waals surface area contributed by atoms with Gasteiger partial charge >= 0.3 is 0 Å². The van der Waals surface area contributed by atoms with E-state index >= 15 is 0 Å². The van der Waals surface area contributed by atoms with E-state index in [0.29, 0.717) is 6.61 Å². The standard InChI is InChI=1S/C14H16O4S/c1-4-18-14-7-9(2)13-8-11(19(15,16)17)5-6-12(13)10(14)3/h5-8H,4H2,1-3H3,(H,15,16,17). The van der Waals surface area contributed by atoms with Gasteiger partial charge in [0.05, 0.1) is 11.5 Å². The number of hydrogen-bond donors (Lipinski definition) is 1. The molecule has 0 atom stereocenters. The molecule has 0 fully saturated rings. The zero-order valence-corrected chi connectivity index (χ0v) is 11.9. The van der Waals surface area contributed by atoms with E-state index < -0.39 is 10.1 Å². The Bertz CT molecular complexity index is 733. The van der Waals surface area contributed by atoms with Crippen LogP contribution in [0.4, 0.5) is 0 Å². The molecule has 0 bridgehead atoms. The molecule has 1 N–H and O–H groups in total. The number of benzene rings is 2. The molecule has 2 rings (SSSR count). The van der Waals surface area contributed by atoms with Gasteiger partial charge in [-0.2, -0.15) is 8.42 Å². The van der Waals surface area contributed by atoms with Crippen molar-refractivity contribution in [3.8, 4) is 5.75 Å². The summed E-state index contributed by atoms with van der Waals surface area (Å²) in [7, 11) is -4.18. The summed E-state index contributed by atoms with van der Waals surface area (Å²) in [6.07, 6.45) is 0. The minimum absolute atomic E-state index is 0.0911. The first-order valence-corrected chi connectivity index (χ1v) is 7.43. The molecule has 0 amide bonds. The number of aryl methyl sites for hydroxylation is 2. The van der Waals surface area contributed by atoms with Crippen molar-refractivity contribution >= 4 is 20.9 Å². The molecule has 0 radical (unpaired) electrons. The van der Waals surface area contributed by atoms with E-state index in [1.165, 1.54) is 12.1 Å². The van der Waals surface area contributed by atoms with Crippen molar-refractivity contribution in [2.24, 2.45) is 0 Å². The van der Waals surface area contributed by atoms with Gasteiger partial charge in [-0.1, -0.05) is 6.07 Å². The lowest BCUT2D eigenvalue weighted by molar-refractivity contribution is 0.338. The Morgan fingerprint density at radius 3 is 2.42 bits per heavy atom. The Hall–Kier alpha value is -1.59. The second-order valence-corrected chi connectivity index (χ2v) is 5.85. The summed E-state index contributed by atoms with van der Waals surface area (Å²) >= 11 is 0. The van der Waals surface area contributed by atoms with Crippen molar-refractivity contribution in [3.05, 3.63) is 35.4 Å². The molecule has 0 heterocycles. The summed E-state index contributed by atoms with van der Waals surface area (Å²) in [5.74, 6) is 0.798. The molecule has 0 aliphatic rings. The van der Waals surface area contributed by atoms with Gasteiger partial charge in [0.1, 0.15) is 5.75 Å². The maximum absolute atomic E-state index is 11.2. The lowest BCUT2D eigenvalue weighted by atomic mass is 10.0. The molecule has 2 aromatic rings. The Morgan fingerprint density at radius 2 is 1.84 bits per heavy atom. The molecule has 0 spiro atoms. The third-order valence-electron chi connectivity index (χ3n) is 3.13. The van der Waals surface area contributed by atoms with Gasteiger partial charge in [0.15, 0.2) is 0 Å². The van der Waals surface area contributed by atoms with Crippen LogP contribution in [0.3, 0.4) is 0 Å². The predicted octanol–water partition coefficient (Wildman–Crippen LogP) is 3.10. The normalized spacial score (nSPS) is 11.8. The molecule has 102 valence electrons. The highest BCUT2D eigenvalue weighted by molar-refractivity contribution is 7.85. The van der Waals surface area contributed by atoms with E-state index in [2.05, 4.69) is 0 Å². The van der Waals surface area contributed by atoms with Gasteiger partial charge in [-0.15, -0.1) is 0 Å². The number of ether oxygens (including phenoxy) is 1. The zero-order valence-electron chi connectivity index (χ0n) is 11.1. The van der Waals surface area contributed by atoms with E-state index in [9.17, 15) is 8.42 Å². The molecular weight excluding hydrogens is 264 g/mol. The summed E-state index contributed by atoms with van der Waals surface area (Å²) in [6.45, 7) is 6.31. The minimum Gasteiger partial charge on any atom is -0.494 e. The lowest BCUT2D eigenvalue weighted by Crippen LogP contribution is -1.99. The molecule has 19 heavy (non-hydrogen) atoms. The van der Waals surface area contributed by atoms with Crippen LogP contribution in [-0.2, 0) is 10.1 Å². The number of rotatable bonds is 3. The van der Waals surface area contributed by atoms with Crippen LogP contribution in [0.25, 0.3) is 10.8 Å². The third-order valence-corrected chi connectivity index (χ3v) is 3.98. The average Bonchev–Trinajstić information content (AvgIpc) is 2.34. The van der Waals surface area contributed by atoms with Crippen LogP contribution >= 0.6 is 0 Å². The van der Waals surface area contributed by atoms with Gasteiger partial charge in [-0.05, 0) is 60.9 Å². The van der Waals surface area contributed by atoms with Crippen LogP contribution in [-0.4, -0.2) is 19.6 Å². The lowest BCUT2D eigenvalue weighted by Gasteiger charge is -2.13. The van der Waals surface area contributed by atoms with E-state index in [-0.39, 0.29) is 4.90 Å². The van der Waals surface area contributed by atoms with Gasteiger partial charge in [0.2, 0.25) is 0 Å². The fourth-order valence-electron chi connectivity index (χ4n) is 2.16. The summed E-state index contributed by atoms with van der Waals surface area (Å²) in [4.78, 5) is -0.0911. The van der Waals surface area contributed by atoms with E-state index in [4.69, 9.17) is 9.29 Å². The molecule has 0 aliphatic carbocycles. The van der Waals surface area contributed by atoms with Gasteiger partial charge in [-0.25, -0.2) is 0 Å². The van der Waals surface area contributed by atoms with Crippen molar-refractivity contribution in [2.45, 2.75) is 25.7 Å². The maximum Gasteiger partial charge on any atom is 0.294 e. The fourth-order valence-corrected chi connectivity index (χ4v) is 2.66. The second kappa shape index (κ2) is 4.83. The van der Waals surface area contributed by atoms with E-state index in [1.54, 1.807) is 6.07 Å². The van der Waals surface area contributed by atoms with Crippen molar-refractivity contribution in [2.75, 3.05) is 6.61 Å². The first-order valence-electron chi connectivity index (χ1n) is 5.99. The predicted molar refractivity (Wildman–Crippen MR) is 74.4 cm³/mol. The molecule has 0 unspecified atom stereocenters. The molecule has 0 saturated heterocycles. The highest BCUT2D eigenvalue weighted by Gasteiger charge is 2.13. The van der Waals surface area contributed by atoms with Crippen molar-refractivity contribution in [3.63, 3.8) is 0 Å². The fraction of sp³-hybridized carbons (Fsp3) is 0.286. The third kappa shape index (κ3) is 2.57. The molecule has 2 aromatic carbocycles. The van der Waals surface area contributed by atoms with Crippen LogP contribution in [0.5, 0.6) is 5.75 Å². The van der Waals surface area contributed by atoms with Crippen LogP contribution < -0.4 is 4.74 Å². The number of hydrogen-bond acceptors (Lipinski definition) is 3. The Kier molecular flexibility index (Phi) is 3.52. The molecule has 5 heteroatoms. The molecule has 4 nitrogen and oxygen atoms in total. The van der Waals surface area contributed by atoms with Crippen molar-refractivity contribution in [1.82, 2.24) is 0 Å². The Morgan fingerprint density at radius 1 is 1.16 bits per heavy atom. The highest BCUT2D eigenvalue weighted by Crippen LogP contribution is 2.31. The molecule has 0 aliphatic heterocycles. The minimum atomic E-state index is -4.18. The molecule has 0 aromatic heterocycles. The first-order chi connectivity index (χ1) is 8.84. The Labute approximate surface area is 112 Å². The SMILES string of the molecule is CCOc1cc(C)c2cc(S(=O)(=O)O)ccc2c1C. The van der Waals surface area contributed by atoms with Crippen molar-refractivity contribution in [1.29, 1.82) is 0 Å². The van der Waals surface area contributed by atoms with Gasteiger partial charge in [0, 0.05) is 0 Å². The summed E-state index contributed by atoms with van der Waals surface area (Å²) in [5.41, 5.74) is 1.87. The summed E-state index contributed by atoms with van der Waals surface area (Å²) in [6, 6.07) is 6.47. The second-order valence-electron chi connectivity index (χ2n) is 4.43.